The van der Waals surface area contributed by atoms with Gasteiger partial charge in [-0.25, -0.2) is 0 Å². The highest BCUT2D eigenvalue weighted by Gasteiger charge is 2.20. The molecule has 0 heterocycles. The van der Waals surface area contributed by atoms with E-state index < -0.39 is 16.1 Å². The molecule has 6 heteroatoms. The van der Waals surface area contributed by atoms with Crippen molar-refractivity contribution in [3.8, 4) is 0 Å². The predicted octanol–water partition coefficient (Wildman–Crippen LogP) is 2.27. The molecule has 0 aromatic heterocycles. The van der Waals surface area contributed by atoms with Gasteiger partial charge in [0.2, 0.25) is 0 Å². The molecule has 0 aliphatic heterocycles. The highest BCUT2D eigenvalue weighted by molar-refractivity contribution is 7.87. The summed E-state index contributed by atoms with van der Waals surface area (Å²) in [5.74, 6) is -0.794. The van der Waals surface area contributed by atoms with Crippen molar-refractivity contribution in [2.75, 3.05) is 0 Å². The first-order chi connectivity index (χ1) is 11.0. The third-order valence-corrected chi connectivity index (χ3v) is 4.55. The highest BCUT2D eigenvalue weighted by atomic mass is 32.2. The summed E-state index contributed by atoms with van der Waals surface area (Å²) >= 11 is 0. The van der Waals surface area contributed by atoms with Gasteiger partial charge in [-0.05, 0) is 30.5 Å². The maximum Gasteiger partial charge on any atom is 0.341 e. The van der Waals surface area contributed by atoms with Gasteiger partial charge in [0.1, 0.15) is 4.90 Å². The summed E-state index contributed by atoms with van der Waals surface area (Å²) in [6.07, 6.45) is 0.942. The second kappa shape index (κ2) is 7.89. The van der Waals surface area contributed by atoms with Crippen LogP contribution < -0.4 is 5.73 Å². The summed E-state index contributed by atoms with van der Waals surface area (Å²) in [5, 5.41) is 0. The number of nitrogens with two attached hydrogens (primary N) is 1. The molecule has 0 spiro atoms. The second-order valence-corrected chi connectivity index (χ2v) is 6.76. The van der Waals surface area contributed by atoms with Gasteiger partial charge in [-0.2, -0.15) is 8.42 Å². The quantitative estimate of drug-likeness (QED) is 0.786. The van der Waals surface area contributed by atoms with Crippen molar-refractivity contribution in [1.82, 2.24) is 0 Å². The Labute approximate surface area is 136 Å². The van der Waals surface area contributed by atoms with Gasteiger partial charge in [-0.1, -0.05) is 48.5 Å². The Kier molecular flexibility index (Phi) is 5.90. The molecule has 1 atom stereocenters. The Morgan fingerprint density at radius 2 is 1.57 bits per heavy atom. The van der Waals surface area contributed by atoms with E-state index in [2.05, 4.69) is 4.18 Å². The second-order valence-electron chi connectivity index (χ2n) is 5.21. The standard InChI is InChI=1S/C17H19NO4S/c18-15(13-14-7-3-1-4-8-14)11-12-17(19)22-23(20,21)16-9-5-2-6-10-16/h1-10,15H,11-13,18H2. The van der Waals surface area contributed by atoms with Crippen LogP contribution in [-0.4, -0.2) is 20.4 Å². The number of hydrogen-bond acceptors (Lipinski definition) is 5. The molecule has 0 saturated carbocycles. The fraction of sp³-hybridized carbons (Fsp3) is 0.235. The third-order valence-electron chi connectivity index (χ3n) is 3.29. The zero-order valence-electron chi connectivity index (χ0n) is 12.6. The molecule has 0 saturated heterocycles. The Morgan fingerprint density at radius 1 is 1.00 bits per heavy atom. The van der Waals surface area contributed by atoms with E-state index >= 15 is 0 Å². The monoisotopic (exact) mass is 333 g/mol. The molecule has 2 aromatic rings. The summed E-state index contributed by atoms with van der Waals surface area (Å²) in [6, 6.07) is 17.0. The lowest BCUT2D eigenvalue weighted by molar-refractivity contribution is -0.134. The SMILES string of the molecule is NC(CCC(=O)OS(=O)(=O)c1ccccc1)Cc1ccccc1. The van der Waals surface area contributed by atoms with Gasteiger partial charge in [-0.15, -0.1) is 0 Å². The Balaban J connectivity index is 1.83. The van der Waals surface area contributed by atoms with E-state index in [0.717, 1.165) is 5.56 Å². The zero-order valence-corrected chi connectivity index (χ0v) is 13.4. The Hall–Kier alpha value is -2.18. The van der Waals surface area contributed by atoms with Gasteiger partial charge in [-0.3, -0.25) is 4.79 Å². The molecule has 0 bridgehead atoms. The van der Waals surface area contributed by atoms with Crippen LogP contribution in [0.25, 0.3) is 0 Å². The third kappa shape index (κ3) is 5.50. The molecule has 0 aliphatic carbocycles. The Bertz CT molecular complexity index is 730. The molecule has 1 unspecified atom stereocenters. The van der Waals surface area contributed by atoms with E-state index in [4.69, 9.17) is 5.73 Å². The lowest BCUT2D eigenvalue weighted by atomic mass is 10.0. The normalized spacial score (nSPS) is 12.6. The average Bonchev–Trinajstić information content (AvgIpc) is 2.54. The maximum atomic E-state index is 11.9. The van der Waals surface area contributed by atoms with Gasteiger partial charge < -0.3 is 9.92 Å². The number of benzene rings is 2. The summed E-state index contributed by atoms with van der Waals surface area (Å²) in [6.45, 7) is 0. The average molecular weight is 333 g/mol. The van der Waals surface area contributed by atoms with E-state index in [1.165, 1.54) is 12.1 Å². The molecular formula is C17H19NO4S. The summed E-state index contributed by atoms with van der Waals surface area (Å²) < 4.78 is 28.4. The smallest absolute Gasteiger partial charge is 0.341 e. The van der Waals surface area contributed by atoms with Gasteiger partial charge in [0.25, 0.3) is 0 Å². The van der Waals surface area contributed by atoms with Crippen LogP contribution in [0, 0.1) is 0 Å². The van der Waals surface area contributed by atoms with Gasteiger partial charge in [0.05, 0.1) is 0 Å². The van der Waals surface area contributed by atoms with E-state index in [9.17, 15) is 13.2 Å². The highest BCUT2D eigenvalue weighted by Crippen LogP contribution is 2.13. The number of carbonyl (C=O) groups is 1. The first kappa shape index (κ1) is 17.2. The van der Waals surface area contributed by atoms with Crippen LogP contribution in [0.3, 0.4) is 0 Å². The largest absolute Gasteiger partial charge is 0.342 e. The van der Waals surface area contributed by atoms with Crippen LogP contribution in [0.5, 0.6) is 0 Å². The molecule has 0 radical (unpaired) electrons. The van der Waals surface area contributed by atoms with Crippen molar-refractivity contribution in [2.24, 2.45) is 5.73 Å². The lowest BCUT2D eigenvalue weighted by Crippen LogP contribution is -2.24. The molecule has 2 rings (SSSR count). The van der Waals surface area contributed by atoms with Gasteiger partial charge in [0.15, 0.2) is 0 Å². The molecule has 122 valence electrons. The minimum absolute atomic E-state index is 0.0399. The number of carbonyl (C=O) groups excluding carboxylic acids is 1. The summed E-state index contributed by atoms with van der Waals surface area (Å²) in [5.41, 5.74) is 7.05. The molecule has 2 N–H and O–H groups in total. The van der Waals surface area contributed by atoms with Crippen LogP contribution in [0.1, 0.15) is 18.4 Å². The maximum absolute atomic E-state index is 11.9. The van der Waals surface area contributed by atoms with Crippen LogP contribution in [-0.2, 0) is 25.5 Å². The fourth-order valence-corrected chi connectivity index (χ4v) is 3.04. The molecule has 0 aliphatic rings. The van der Waals surface area contributed by atoms with Crippen molar-refractivity contribution in [3.05, 3.63) is 66.2 Å². The minimum atomic E-state index is -4.06. The van der Waals surface area contributed by atoms with Crippen LogP contribution >= 0.6 is 0 Å². The lowest BCUT2D eigenvalue weighted by Gasteiger charge is -2.11. The summed E-state index contributed by atoms with van der Waals surface area (Å²) in [4.78, 5) is 11.7. The zero-order chi connectivity index (χ0) is 16.7. The van der Waals surface area contributed by atoms with E-state index in [0.29, 0.717) is 12.8 Å². The van der Waals surface area contributed by atoms with E-state index in [1.54, 1.807) is 18.2 Å². The van der Waals surface area contributed by atoms with Crippen molar-refractivity contribution in [3.63, 3.8) is 0 Å². The van der Waals surface area contributed by atoms with Crippen LogP contribution in [0.4, 0.5) is 0 Å². The van der Waals surface area contributed by atoms with Crippen molar-refractivity contribution < 1.29 is 17.4 Å². The number of hydrogen-bond donors (Lipinski definition) is 1. The van der Waals surface area contributed by atoms with Crippen LogP contribution in [0.15, 0.2) is 65.6 Å². The van der Waals surface area contributed by atoms with Gasteiger partial charge in [0, 0.05) is 12.5 Å². The van der Waals surface area contributed by atoms with Crippen LogP contribution in [0.2, 0.25) is 0 Å². The Morgan fingerprint density at radius 3 is 2.17 bits per heavy atom. The van der Waals surface area contributed by atoms with Crippen molar-refractivity contribution >= 4 is 16.1 Å². The fourth-order valence-electron chi connectivity index (χ4n) is 2.12. The molecule has 0 fully saturated rings. The molecule has 2 aromatic carbocycles. The van der Waals surface area contributed by atoms with Crippen molar-refractivity contribution in [2.45, 2.75) is 30.2 Å². The summed E-state index contributed by atoms with van der Waals surface area (Å²) in [7, 11) is -4.06. The minimum Gasteiger partial charge on any atom is -0.342 e. The van der Waals surface area contributed by atoms with E-state index in [-0.39, 0.29) is 17.4 Å². The first-order valence-corrected chi connectivity index (χ1v) is 8.70. The molecule has 0 amide bonds. The van der Waals surface area contributed by atoms with Crippen molar-refractivity contribution in [1.29, 1.82) is 0 Å². The predicted molar refractivity (Wildman–Crippen MR) is 87.1 cm³/mol. The van der Waals surface area contributed by atoms with Gasteiger partial charge >= 0.3 is 16.1 Å². The molecule has 23 heavy (non-hydrogen) atoms. The molecular weight excluding hydrogens is 314 g/mol. The first-order valence-electron chi connectivity index (χ1n) is 7.29. The molecule has 5 nitrogen and oxygen atoms in total. The van der Waals surface area contributed by atoms with E-state index in [1.807, 2.05) is 30.3 Å². The number of rotatable bonds is 7. The topological polar surface area (TPSA) is 86.5 Å².